The van der Waals surface area contributed by atoms with Gasteiger partial charge in [-0.15, -0.1) is 11.3 Å². The number of aromatic amines is 1. The van der Waals surface area contributed by atoms with Gasteiger partial charge in [0.15, 0.2) is 23.9 Å². The molecule has 5 heterocycles. The molecule has 2 aromatic carbocycles. The van der Waals surface area contributed by atoms with Crippen LogP contribution in [-0.2, 0) is 32.6 Å². The maximum absolute atomic E-state index is 14.0. The van der Waals surface area contributed by atoms with Crippen molar-refractivity contribution >= 4 is 46.5 Å². The van der Waals surface area contributed by atoms with Gasteiger partial charge in [0.2, 0.25) is 0 Å². The van der Waals surface area contributed by atoms with Gasteiger partial charge in [-0.3, -0.25) is 14.6 Å². The minimum atomic E-state index is -0.872. The van der Waals surface area contributed by atoms with E-state index in [1.807, 2.05) is 68.6 Å². The average molecular weight is 768 g/mol. The van der Waals surface area contributed by atoms with Gasteiger partial charge in [-0.05, 0) is 87.6 Å². The van der Waals surface area contributed by atoms with Crippen LogP contribution in [0.2, 0.25) is 10.0 Å². The number of pyridine rings is 1. The zero-order chi connectivity index (χ0) is 36.8. The number of halogens is 2. The van der Waals surface area contributed by atoms with E-state index in [-0.39, 0.29) is 24.6 Å². The summed E-state index contributed by atoms with van der Waals surface area (Å²) in [5.74, 6) is 0.704. The lowest BCUT2D eigenvalue weighted by Crippen LogP contribution is -2.54. The number of nitrogens with one attached hydrogen (secondary N) is 1. The summed E-state index contributed by atoms with van der Waals surface area (Å²) < 4.78 is 23.2. The summed E-state index contributed by atoms with van der Waals surface area (Å²) in [6, 6.07) is 19.2. The van der Waals surface area contributed by atoms with Crippen LogP contribution >= 0.6 is 34.5 Å². The SMILES string of the molecule is COc1ccc([C@@H](COC(=O)c2ccc(CN(C)CC(C)(C(=O)O[C@H]3CN4CCC3CC4)c3ccccc3)s2)Cc2c(Cl)c[nH+]cc2Cl)cc1OC. The molecule has 0 aliphatic carbocycles. The summed E-state index contributed by atoms with van der Waals surface area (Å²) in [4.78, 5) is 36.3. The number of nitrogens with zero attached hydrogens (tertiary/aromatic N) is 2. The van der Waals surface area contributed by atoms with Crippen LogP contribution in [0.15, 0.2) is 73.1 Å². The quantitative estimate of drug-likeness (QED) is 0.119. The van der Waals surface area contributed by atoms with Crippen LogP contribution in [0.3, 0.4) is 0 Å². The molecule has 7 rings (SSSR count). The molecule has 276 valence electrons. The Hall–Kier alpha value is -3.67. The first-order valence-corrected chi connectivity index (χ1v) is 19.1. The first-order chi connectivity index (χ1) is 25.1. The lowest BCUT2D eigenvalue weighted by Gasteiger charge is -2.45. The molecule has 3 fully saturated rings. The number of carbonyl (C=O) groups excluding carboxylic acids is 2. The summed E-state index contributed by atoms with van der Waals surface area (Å²) in [7, 11) is 5.15. The van der Waals surface area contributed by atoms with E-state index in [1.165, 1.54) is 11.3 Å². The number of rotatable bonds is 15. The fourth-order valence-electron chi connectivity index (χ4n) is 7.37. The molecular weight excluding hydrogens is 721 g/mol. The van der Waals surface area contributed by atoms with Gasteiger partial charge in [-0.25, -0.2) is 9.78 Å². The van der Waals surface area contributed by atoms with Crippen LogP contribution in [0.1, 0.15) is 56.9 Å². The number of esters is 2. The summed E-state index contributed by atoms with van der Waals surface area (Å²) in [6.07, 6.45) is 5.87. The van der Waals surface area contributed by atoms with Gasteiger partial charge in [0.25, 0.3) is 0 Å². The van der Waals surface area contributed by atoms with Gasteiger partial charge in [-0.2, -0.15) is 0 Å². The van der Waals surface area contributed by atoms with Crippen molar-refractivity contribution in [1.82, 2.24) is 9.80 Å². The minimum Gasteiger partial charge on any atom is -0.493 e. The van der Waals surface area contributed by atoms with E-state index >= 15 is 0 Å². The zero-order valence-electron chi connectivity index (χ0n) is 30.0. The third-order valence-electron chi connectivity index (χ3n) is 10.3. The molecule has 3 aliphatic heterocycles. The number of H-pyrrole nitrogens is 1. The highest BCUT2D eigenvalue weighted by Crippen LogP contribution is 2.36. The van der Waals surface area contributed by atoms with Gasteiger partial charge in [-0.1, -0.05) is 59.6 Å². The third-order valence-corrected chi connectivity index (χ3v) is 12.1. The van der Waals surface area contributed by atoms with E-state index in [4.69, 9.17) is 42.1 Å². The maximum Gasteiger partial charge on any atom is 0.348 e. The lowest BCUT2D eigenvalue weighted by molar-refractivity contribution is -0.377. The first-order valence-electron chi connectivity index (χ1n) is 17.6. The van der Waals surface area contributed by atoms with E-state index < -0.39 is 11.4 Å². The Morgan fingerprint density at radius 2 is 1.71 bits per heavy atom. The minimum absolute atomic E-state index is 0.0688. The maximum atomic E-state index is 14.0. The zero-order valence-corrected chi connectivity index (χ0v) is 32.4. The molecular formula is C40H46Cl2N3O6S+. The summed E-state index contributed by atoms with van der Waals surface area (Å²) in [5, 5.41) is 0.985. The molecule has 2 bridgehead atoms. The molecule has 0 radical (unpaired) electrons. The normalized spacial score (nSPS) is 19.9. The van der Waals surface area contributed by atoms with Crippen molar-refractivity contribution in [2.45, 2.75) is 50.2 Å². The van der Waals surface area contributed by atoms with Crippen molar-refractivity contribution in [3.05, 3.63) is 110 Å². The van der Waals surface area contributed by atoms with Crippen molar-refractivity contribution in [3.63, 3.8) is 0 Å². The number of methoxy groups -OCH3 is 2. The number of benzene rings is 2. The van der Waals surface area contributed by atoms with Crippen molar-refractivity contribution in [2.75, 3.05) is 54.1 Å². The highest BCUT2D eigenvalue weighted by Gasteiger charge is 2.43. The monoisotopic (exact) mass is 766 g/mol. The number of likely N-dealkylation sites (N-methyl/N-ethyl adjacent to an activating group) is 1. The number of piperidine rings is 3. The van der Waals surface area contributed by atoms with Crippen LogP contribution in [0.4, 0.5) is 0 Å². The van der Waals surface area contributed by atoms with Crippen LogP contribution in [0, 0.1) is 5.92 Å². The predicted octanol–water partition coefficient (Wildman–Crippen LogP) is 7.10. The Morgan fingerprint density at radius 3 is 2.37 bits per heavy atom. The van der Waals surface area contributed by atoms with Gasteiger partial charge < -0.3 is 18.9 Å². The van der Waals surface area contributed by atoms with Gasteiger partial charge in [0.05, 0.1) is 20.8 Å². The van der Waals surface area contributed by atoms with Crippen LogP contribution in [0.25, 0.3) is 0 Å². The standard InChI is InChI=1S/C40H45Cl2N3O6S/c1-40(29-8-6-5-7-9-29,39(47)51-36-23-45-16-14-26(36)15-17-45)25-44(2)22-30-11-13-37(52-30)38(46)50-24-28(18-31-32(41)20-43-21-33(31)42)27-10-12-34(48-3)35(19-27)49-4/h5-13,19-21,26,28,36H,14-18,22-25H2,1-4H3/p+1/t28-,36+,40?/m1/s1. The molecule has 0 amide bonds. The van der Waals surface area contributed by atoms with Crippen molar-refractivity contribution in [1.29, 1.82) is 0 Å². The number of aromatic nitrogens is 1. The van der Waals surface area contributed by atoms with Gasteiger partial charge >= 0.3 is 11.9 Å². The number of fused-ring (bicyclic) bond motifs is 3. The molecule has 0 spiro atoms. The number of carbonyl (C=O) groups is 2. The molecule has 52 heavy (non-hydrogen) atoms. The molecule has 3 aliphatic rings. The Kier molecular flexibility index (Phi) is 12.4. The molecule has 1 N–H and O–H groups in total. The van der Waals surface area contributed by atoms with Crippen molar-refractivity contribution < 1.29 is 33.5 Å². The highest BCUT2D eigenvalue weighted by molar-refractivity contribution is 7.13. The molecule has 4 aromatic rings. The third kappa shape index (κ3) is 8.75. The number of hydrogen-bond acceptors (Lipinski definition) is 9. The Labute approximate surface area is 319 Å². The molecule has 3 atom stereocenters. The fraction of sp³-hybridized carbons (Fsp3) is 0.425. The second kappa shape index (κ2) is 17.0. The Morgan fingerprint density at radius 1 is 1.00 bits per heavy atom. The Bertz CT molecular complexity index is 1830. The highest BCUT2D eigenvalue weighted by atomic mass is 35.5. The molecule has 2 aromatic heterocycles. The summed E-state index contributed by atoms with van der Waals surface area (Å²) in [6.45, 7) is 6.04. The fourth-order valence-corrected chi connectivity index (χ4v) is 8.88. The van der Waals surface area contributed by atoms with E-state index in [0.717, 1.165) is 54.0 Å². The second-order valence-corrected chi connectivity index (χ2v) is 15.9. The summed E-state index contributed by atoms with van der Waals surface area (Å²) >= 11 is 14.4. The topological polar surface area (TPSA) is 91.7 Å². The molecule has 3 saturated heterocycles. The van der Waals surface area contributed by atoms with Crippen molar-refractivity contribution in [2.24, 2.45) is 5.92 Å². The number of ether oxygens (including phenoxy) is 4. The van der Waals surface area contributed by atoms with Crippen LogP contribution in [0.5, 0.6) is 11.5 Å². The van der Waals surface area contributed by atoms with Crippen LogP contribution in [-0.4, -0.2) is 81.9 Å². The molecule has 1 unspecified atom stereocenters. The summed E-state index contributed by atoms with van der Waals surface area (Å²) in [5.41, 5.74) is 1.67. The van der Waals surface area contributed by atoms with Crippen molar-refractivity contribution in [3.8, 4) is 11.5 Å². The van der Waals surface area contributed by atoms with E-state index in [9.17, 15) is 9.59 Å². The van der Waals surface area contributed by atoms with E-state index in [0.29, 0.717) is 51.8 Å². The van der Waals surface area contributed by atoms with Crippen LogP contribution < -0.4 is 14.5 Å². The average Bonchev–Trinajstić information content (AvgIpc) is 3.63. The first kappa shape index (κ1) is 38.1. The van der Waals surface area contributed by atoms with Gasteiger partial charge in [0, 0.05) is 36.0 Å². The lowest BCUT2D eigenvalue weighted by atomic mass is 9.81. The molecule has 9 nitrogen and oxygen atoms in total. The molecule has 0 saturated carbocycles. The molecule has 12 heteroatoms. The number of hydrogen-bond donors (Lipinski definition) is 0. The van der Waals surface area contributed by atoms with E-state index in [2.05, 4.69) is 14.8 Å². The predicted molar refractivity (Wildman–Crippen MR) is 203 cm³/mol. The van der Waals surface area contributed by atoms with Gasteiger partial charge in [0.1, 0.15) is 26.4 Å². The number of thiophene rings is 1. The largest absolute Gasteiger partial charge is 0.493 e. The Balaban J connectivity index is 1.13. The smallest absolute Gasteiger partial charge is 0.348 e. The second-order valence-electron chi connectivity index (χ2n) is 14.0. The van der Waals surface area contributed by atoms with E-state index in [1.54, 1.807) is 32.7 Å².